The number of halogens is 2. The van der Waals surface area contributed by atoms with Crippen LogP contribution in [0, 0.1) is 5.92 Å². The molecule has 1 saturated carbocycles. The fourth-order valence-electron chi connectivity index (χ4n) is 1.58. The van der Waals surface area contributed by atoms with Crippen LogP contribution in [0.4, 0.5) is 5.82 Å². The molecule has 0 atom stereocenters. The van der Waals surface area contributed by atoms with Crippen LogP contribution in [-0.4, -0.2) is 27.7 Å². The third-order valence-electron chi connectivity index (χ3n) is 2.48. The molecule has 1 aliphatic carbocycles. The van der Waals surface area contributed by atoms with Gasteiger partial charge in [-0.05, 0) is 30.4 Å². The molecule has 1 aromatic heterocycles. The minimum atomic E-state index is -0.138. The number of aliphatic hydroxyl groups excluding tert-OH is 1. The molecule has 82 valence electrons. The smallest absolute Gasteiger partial charge is 0.224 e. The van der Waals surface area contributed by atoms with Crippen LogP contribution in [0.5, 0.6) is 0 Å². The van der Waals surface area contributed by atoms with Crippen LogP contribution in [-0.2, 0) is 0 Å². The first-order chi connectivity index (χ1) is 7.15. The number of anilines is 1. The second kappa shape index (κ2) is 4.51. The van der Waals surface area contributed by atoms with Crippen molar-refractivity contribution >= 4 is 29.0 Å². The maximum Gasteiger partial charge on any atom is 0.224 e. The van der Waals surface area contributed by atoms with Gasteiger partial charge in [-0.25, -0.2) is 4.98 Å². The lowest BCUT2D eigenvalue weighted by atomic mass is 9.82. The van der Waals surface area contributed by atoms with E-state index in [1.54, 1.807) is 0 Å². The van der Waals surface area contributed by atoms with E-state index in [9.17, 15) is 0 Å². The molecule has 2 rings (SSSR count). The number of aromatic nitrogens is 2. The zero-order chi connectivity index (χ0) is 10.8. The first-order valence-electron chi connectivity index (χ1n) is 4.75. The van der Waals surface area contributed by atoms with Crippen LogP contribution in [0.15, 0.2) is 6.20 Å². The quantitative estimate of drug-likeness (QED) is 0.803. The predicted octanol–water partition coefficient (Wildman–Crippen LogP) is 1.97. The summed E-state index contributed by atoms with van der Waals surface area (Å²) in [6.45, 7) is 0.754. The molecule has 0 radical (unpaired) electrons. The second-order valence-corrected chi connectivity index (χ2v) is 4.45. The van der Waals surface area contributed by atoms with E-state index in [2.05, 4.69) is 15.3 Å². The van der Waals surface area contributed by atoms with Gasteiger partial charge in [0.1, 0.15) is 10.8 Å². The SMILES string of the molecule is OC1CC(CNc2nc(Cl)ncc2Cl)C1. The topological polar surface area (TPSA) is 58.0 Å². The summed E-state index contributed by atoms with van der Waals surface area (Å²) in [7, 11) is 0. The average Bonchev–Trinajstić information content (AvgIpc) is 2.16. The first kappa shape index (κ1) is 10.9. The van der Waals surface area contributed by atoms with E-state index in [0.29, 0.717) is 16.8 Å². The predicted molar refractivity (Wildman–Crippen MR) is 59.3 cm³/mol. The highest BCUT2D eigenvalue weighted by atomic mass is 35.5. The highest BCUT2D eigenvalue weighted by Crippen LogP contribution is 2.28. The molecule has 0 unspecified atom stereocenters. The van der Waals surface area contributed by atoms with E-state index >= 15 is 0 Å². The molecule has 0 amide bonds. The van der Waals surface area contributed by atoms with Crippen LogP contribution in [0.25, 0.3) is 0 Å². The van der Waals surface area contributed by atoms with Gasteiger partial charge in [0.2, 0.25) is 5.28 Å². The number of nitrogens with zero attached hydrogens (tertiary/aromatic N) is 2. The molecular weight excluding hydrogens is 237 g/mol. The molecule has 1 aliphatic rings. The Morgan fingerprint density at radius 1 is 1.47 bits per heavy atom. The van der Waals surface area contributed by atoms with Gasteiger partial charge in [-0.15, -0.1) is 0 Å². The largest absolute Gasteiger partial charge is 0.393 e. The summed E-state index contributed by atoms with van der Waals surface area (Å²) in [5.74, 6) is 1.04. The normalized spacial score (nSPS) is 24.7. The van der Waals surface area contributed by atoms with Crippen LogP contribution < -0.4 is 5.32 Å². The molecule has 1 heterocycles. The van der Waals surface area contributed by atoms with Crippen LogP contribution in [0.2, 0.25) is 10.3 Å². The molecule has 1 aromatic rings. The minimum absolute atomic E-state index is 0.138. The molecule has 2 N–H and O–H groups in total. The van der Waals surface area contributed by atoms with Crippen molar-refractivity contribution in [3.63, 3.8) is 0 Å². The first-order valence-corrected chi connectivity index (χ1v) is 5.50. The van der Waals surface area contributed by atoms with Crippen molar-refractivity contribution in [3.05, 3.63) is 16.5 Å². The molecule has 0 aliphatic heterocycles. The Morgan fingerprint density at radius 2 is 2.20 bits per heavy atom. The Bertz CT molecular complexity index is 355. The monoisotopic (exact) mass is 247 g/mol. The van der Waals surface area contributed by atoms with Crippen LogP contribution in [0.1, 0.15) is 12.8 Å². The van der Waals surface area contributed by atoms with E-state index in [1.165, 1.54) is 6.20 Å². The Hall–Kier alpha value is -0.580. The lowest BCUT2D eigenvalue weighted by molar-refractivity contribution is 0.0486. The maximum atomic E-state index is 9.11. The van der Waals surface area contributed by atoms with E-state index in [0.717, 1.165) is 19.4 Å². The average molecular weight is 248 g/mol. The van der Waals surface area contributed by atoms with Gasteiger partial charge in [0.15, 0.2) is 0 Å². The van der Waals surface area contributed by atoms with E-state index in [-0.39, 0.29) is 11.4 Å². The second-order valence-electron chi connectivity index (χ2n) is 3.71. The number of nitrogens with one attached hydrogen (secondary N) is 1. The van der Waals surface area contributed by atoms with Gasteiger partial charge in [0, 0.05) is 6.54 Å². The molecule has 0 aromatic carbocycles. The molecule has 0 bridgehead atoms. The van der Waals surface area contributed by atoms with Crippen molar-refractivity contribution in [1.29, 1.82) is 0 Å². The minimum Gasteiger partial charge on any atom is -0.393 e. The standard InChI is InChI=1S/C9H11Cl2N3O/c10-7-4-13-9(11)14-8(7)12-3-5-1-6(15)2-5/h4-6,15H,1-3H2,(H,12,13,14). The van der Waals surface area contributed by atoms with Crippen molar-refractivity contribution in [1.82, 2.24) is 9.97 Å². The van der Waals surface area contributed by atoms with Gasteiger partial charge in [-0.3, -0.25) is 0 Å². The van der Waals surface area contributed by atoms with Gasteiger partial charge >= 0.3 is 0 Å². The van der Waals surface area contributed by atoms with E-state index in [4.69, 9.17) is 28.3 Å². The van der Waals surface area contributed by atoms with E-state index in [1.807, 2.05) is 0 Å². The number of hydrogen-bond donors (Lipinski definition) is 2. The van der Waals surface area contributed by atoms with Crippen molar-refractivity contribution in [3.8, 4) is 0 Å². The van der Waals surface area contributed by atoms with E-state index < -0.39 is 0 Å². The maximum absolute atomic E-state index is 9.11. The molecule has 4 nitrogen and oxygen atoms in total. The van der Waals surface area contributed by atoms with Crippen molar-refractivity contribution in [2.75, 3.05) is 11.9 Å². The van der Waals surface area contributed by atoms with Gasteiger partial charge in [-0.2, -0.15) is 4.98 Å². The number of aliphatic hydroxyl groups is 1. The van der Waals surface area contributed by atoms with Crippen LogP contribution in [0.3, 0.4) is 0 Å². The molecular formula is C9H11Cl2N3O. The Kier molecular flexibility index (Phi) is 3.29. The van der Waals surface area contributed by atoms with Gasteiger partial charge in [-0.1, -0.05) is 11.6 Å². The Morgan fingerprint density at radius 3 is 2.87 bits per heavy atom. The lowest BCUT2D eigenvalue weighted by Gasteiger charge is -2.31. The van der Waals surface area contributed by atoms with Crippen molar-refractivity contribution in [2.45, 2.75) is 18.9 Å². The summed E-state index contributed by atoms with van der Waals surface area (Å²) < 4.78 is 0. The lowest BCUT2D eigenvalue weighted by Crippen LogP contribution is -2.33. The fourth-order valence-corrected chi connectivity index (χ4v) is 1.87. The van der Waals surface area contributed by atoms with Crippen LogP contribution >= 0.6 is 23.2 Å². The summed E-state index contributed by atoms with van der Waals surface area (Å²) in [6, 6.07) is 0. The Balaban J connectivity index is 1.90. The van der Waals surface area contributed by atoms with Gasteiger partial charge in [0.05, 0.1) is 12.3 Å². The van der Waals surface area contributed by atoms with Crippen molar-refractivity contribution < 1.29 is 5.11 Å². The van der Waals surface area contributed by atoms with Gasteiger partial charge < -0.3 is 10.4 Å². The molecule has 15 heavy (non-hydrogen) atoms. The summed E-state index contributed by atoms with van der Waals surface area (Å²) in [5, 5.41) is 12.8. The highest BCUT2D eigenvalue weighted by molar-refractivity contribution is 6.33. The third kappa shape index (κ3) is 2.71. The van der Waals surface area contributed by atoms with Crippen molar-refractivity contribution in [2.24, 2.45) is 5.92 Å². The summed E-state index contributed by atoms with van der Waals surface area (Å²) in [5.41, 5.74) is 0. The van der Waals surface area contributed by atoms with Gasteiger partial charge in [0.25, 0.3) is 0 Å². The molecule has 0 spiro atoms. The summed E-state index contributed by atoms with van der Waals surface area (Å²) >= 11 is 11.5. The molecule has 1 fully saturated rings. The third-order valence-corrected chi connectivity index (χ3v) is 2.94. The highest BCUT2D eigenvalue weighted by Gasteiger charge is 2.26. The Labute approximate surface area is 97.6 Å². The molecule has 0 saturated heterocycles. The fraction of sp³-hybridized carbons (Fsp3) is 0.556. The number of rotatable bonds is 3. The zero-order valence-corrected chi connectivity index (χ0v) is 9.46. The number of hydrogen-bond acceptors (Lipinski definition) is 4. The molecule has 6 heteroatoms. The zero-order valence-electron chi connectivity index (χ0n) is 7.95. The summed E-state index contributed by atoms with van der Waals surface area (Å²) in [4.78, 5) is 7.73. The summed E-state index contributed by atoms with van der Waals surface area (Å²) in [6.07, 6.45) is 3.00.